The van der Waals surface area contributed by atoms with Gasteiger partial charge in [-0.15, -0.1) is 5.10 Å². The van der Waals surface area contributed by atoms with Crippen molar-refractivity contribution in [2.45, 2.75) is 32.9 Å². The summed E-state index contributed by atoms with van der Waals surface area (Å²) in [5, 5.41) is 22.5. The van der Waals surface area contributed by atoms with E-state index in [0.29, 0.717) is 29.9 Å². The van der Waals surface area contributed by atoms with Crippen molar-refractivity contribution in [3.63, 3.8) is 0 Å². The summed E-state index contributed by atoms with van der Waals surface area (Å²) in [4.78, 5) is 8.97. The Hall–Kier alpha value is -4.06. The van der Waals surface area contributed by atoms with Crippen molar-refractivity contribution < 1.29 is 0 Å². The third kappa shape index (κ3) is 2.99. The van der Waals surface area contributed by atoms with Crippen LogP contribution >= 0.6 is 0 Å². The molecule has 1 aromatic carbocycles. The highest BCUT2D eigenvalue weighted by Gasteiger charge is 2.25. The van der Waals surface area contributed by atoms with E-state index in [4.69, 9.17) is 5.73 Å². The van der Waals surface area contributed by atoms with Gasteiger partial charge in [-0.25, -0.2) is 14.6 Å². The Morgan fingerprint density at radius 2 is 1.93 bits per heavy atom. The number of nitrogens with zero attached hydrogens (tertiary/aromatic N) is 8. The van der Waals surface area contributed by atoms with E-state index in [9.17, 15) is 5.26 Å². The second kappa shape index (κ2) is 7.08. The number of aromatic nitrogens is 7. The number of nitrogen functional groups attached to an aromatic ring is 1. The quantitative estimate of drug-likeness (QED) is 0.560. The summed E-state index contributed by atoms with van der Waals surface area (Å²) in [5.41, 5.74) is 12.7. The molecule has 2 N–H and O–H groups in total. The molecule has 0 fully saturated rings. The van der Waals surface area contributed by atoms with E-state index in [0.717, 1.165) is 41.0 Å². The molecule has 0 amide bonds. The minimum Gasteiger partial charge on any atom is -0.368 e. The average Bonchev–Trinajstić information content (AvgIpc) is 3.42. The molecule has 0 saturated heterocycles. The van der Waals surface area contributed by atoms with Gasteiger partial charge < -0.3 is 5.73 Å². The standard InChI is InChI=1S/C21H19N9/c1-2-29-9-8-14(27-29)11-30-12-18(26-28-30)20-17-7-6-15-13(10-22)4-3-5-16(15)19(17)24-21(23)25-20/h3-5,8-9,12H,2,6-7,11H2,1H3,(H2,23,24,25). The molecule has 0 radical (unpaired) electrons. The van der Waals surface area contributed by atoms with Crippen molar-refractivity contribution in [2.24, 2.45) is 0 Å². The van der Waals surface area contributed by atoms with Crippen molar-refractivity contribution in [1.82, 2.24) is 34.7 Å². The molecular weight excluding hydrogens is 378 g/mol. The maximum Gasteiger partial charge on any atom is 0.221 e. The smallest absolute Gasteiger partial charge is 0.221 e. The van der Waals surface area contributed by atoms with Crippen LogP contribution in [-0.4, -0.2) is 34.7 Å². The molecule has 30 heavy (non-hydrogen) atoms. The minimum atomic E-state index is 0.176. The van der Waals surface area contributed by atoms with Crippen LogP contribution in [0.5, 0.6) is 0 Å². The van der Waals surface area contributed by atoms with E-state index in [2.05, 4.69) is 31.4 Å². The molecule has 1 aliphatic rings. The highest BCUT2D eigenvalue weighted by atomic mass is 15.4. The first-order chi connectivity index (χ1) is 14.7. The zero-order valence-electron chi connectivity index (χ0n) is 16.4. The molecule has 0 aliphatic heterocycles. The highest BCUT2D eigenvalue weighted by Crippen LogP contribution is 2.37. The molecule has 0 atom stereocenters. The summed E-state index contributed by atoms with van der Waals surface area (Å²) < 4.78 is 3.62. The zero-order chi connectivity index (χ0) is 20.7. The van der Waals surface area contributed by atoms with Crippen LogP contribution in [0.3, 0.4) is 0 Å². The Morgan fingerprint density at radius 1 is 1.10 bits per heavy atom. The molecule has 1 aliphatic carbocycles. The Labute approximate surface area is 172 Å². The van der Waals surface area contributed by atoms with Crippen molar-refractivity contribution in [3.05, 3.63) is 59.0 Å². The molecule has 4 aromatic rings. The first kappa shape index (κ1) is 18.0. The van der Waals surface area contributed by atoms with Gasteiger partial charge in [0.25, 0.3) is 0 Å². The normalized spacial score (nSPS) is 12.3. The molecule has 0 bridgehead atoms. The molecule has 3 heterocycles. The number of rotatable bonds is 4. The predicted octanol–water partition coefficient (Wildman–Crippen LogP) is 2.22. The van der Waals surface area contributed by atoms with Crippen LogP contribution in [0.4, 0.5) is 5.95 Å². The van der Waals surface area contributed by atoms with Gasteiger partial charge in [0.1, 0.15) is 11.4 Å². The van der Waals surface area contributed by atoms with Crippen LogP contribution in [0.2, 0.25) is 0 Å². The lowest BCUT2D eigenvalue weighted by Crippen LogP contribution is -2.12. The van der Waals surface area contributed by atoms with Crippen LogP contribution < -0.4 is 5.73 Å². The van der Waals surface area contributed by atoms with Gasteiger partial charge in [0, 0.05) is 23.9 Å². The fourth-order valence-electron chi connectivity index (χ4n) is 3.92. The van der Waals surface area contributed by atoms with E-state index in [1.807, 2.05) is 48.3 Å². The number of fused-ring (bicyclic) bond motifs is 3. The van der Waals surface area contributed by atoms with Crippen LogP contribution in [0.1, 0.15) is 29.3 Å². The Bertz CT molecular complexity index is 1290. The monoisotopic (exact) mass is 397 g/mol. The first-order valence-electron chi connectivity index (χ1n) is 9.78. The SMILES string of the molecule is CCn1ccc(Cn2cc(-c3nc(N)nc4c3CCc3c(C#N)cccc3-4)nn2)n1. The lowest BCUT2D eigenvalue weighted by atomic mass is 9.85. The van der Waals surface area contributed by atoms with Crippen LogP contribution in [0.25, 0.3) is 22.6 Å². The van der Waals surface area contributed by atoms with Crippen LogP contribution in [-0.2, 0) is 25.9 Å². The van der Waals surface area contributed by atoms with Gasteiger partial charge in [-0.3, -0.25) is 4.68 Å². The third-order valence-electron chi connectivity index (χ3n) is 5.33. The van der Waals surface area contributed by atoms with Gasteiger partial charge in [-0.2, -0.15) is 10.4 Å². The topological polar surface area (TPSA) is 124 Å². The minimum absolute atomic E-state index is 0.176. The molecule has 5 rings (SSSR count). The molecule has 9 nitrogen and oxygen atoms in total. The second-order valence-corrected chi connectivity index (χ2v) is 7.17. The summed E-state index contributed by atoms with van der Waals surface area (Å²) in [6.45, 7) is 3.39. The zero-order valence-corrected chi connectivity index (χ0v) is 16.4. The van der Waals surface area contributed by atoms with Crippen molar-refractivity contribution in [2.75, 3.05) is 5.73 Å². The third-order valence-corrected chi connectivity index (χ3v) is 5.33. The molecule has 0 saturated carbocycles. The molecule has 0 unspecified atom stereocenters. The Morgan fingerprint density at radius 3 is 2.73 bits per heavy atom. The summed E-state index contributed by atoms with van der Waals surface area (Å²) in [6.07, 6.45) is 5.26. The molecular formula is C21H19N9. The van der Waals surface area contributed by atoms with Gasteiger partial charge in [0.15, 0.2) is 0 Å². The van der Waals surface area contributed by atoms with Crippen molar-refractivity contribution in [1.29, 1.82) is 5.26 Å². The fourth-order valence-corrected chi connectivity index (χ4v) is 3.92. The summed E-state index contributed by atoms with van der Waals surface area (Å²) in [5.74, 6) is 0.176. The van der Waals surface area contributed by atoms with Gasteiger partial charge in [0.2, 0.25) is 5.95 Å². The summed E-state index contributed by atoms with van der Waals surface area (Å²) >= 11 is 0. The number of aryl methyl sites for hydroxylation is 1. The van der Waals surface area contributed by atoms with E-state index in [1.165, 1.54) is 0 Å². The van der Waals surface area contributed by atoms with Gasteiger partial charge in [0.05, 0.1) is 35.8 Å². The lowest BCUT2D eigenvalue weighted by Gasteiger charge is -2.21. The Balaban J connectivity index is 1.55. The first-order valence-corrected chi connectivity index (χ1v) is 9.78. The highest BCUT2D eigenvalue weighted by molar-refractivity contribution is 5.78. The van der Waals surface area contributed by atoms with Crippen LogP contribution in [0, 0.1) is 11.3 Å². The summed E-state index contributed by atoms with van der Waals surface area (Å²) in [7, 11) is 0. The fraction of sp³-hybridized carbons (Fsp3) is 0.238. The average molecular weight is 397 g/mol. The molecule has 0 spiro atoms. The maximum atomic E-state index is 9.43. The van der Waals surface area contributed by atoms with Gasteiger partial charge in [-0.1, -0.05) is 17.3 Å². The van der Waals surface area contributed by atoms with E-state index in [1.54, 1.807) is 4.68 Å². The largest absolute Gasteiger partial charge is 0.368 e. The second-order valence-electron chi connectivity index (χ2n) is 7.17. The predicted molar refractivity (Wildman–Crippen MR) is 110 cm³/mol. The van der Waals surface area contributed by atoms with E-state index < -0.39 is 0 Å². The molecule has 148 valence electrons. The van der Waals surface area contributed by atoms with E-state index in [-0.39, 0.29) is 5.95 Å². The number of hydrogen-bond acceptors (Lipinski definition) is 7. The number of hydrogen-bond donors (Lipinski definition) is 1. The summed E-state index contributed by atoms with van der Waals surface area (Å²) in [6, 6.07) is 9.93. The number of nitrogens with two attached hydrogens (primary N) is 1. The van der Waals surface area contributed by atoms with Crippen LogP contribution in [0.15, 0.2) is 36.7 Å². The van der Waals surface area contributed by atoms with Gasteiger partial charge >= 0.3 is 0 Å². The Kier molecular flexibility index (Phi) is 4.25. The van der Waals surface area contributed by atoms with E-state index >= 15 is 0 Å². The van der Waals surface area contributed by atoms with Crippen molar-refractivity contribution >= 4 is 5.95 Å². The maximum absolute atomic E-state index is 9.43. The molecule has 3 aromatic heterocycles. The number of anilines is 1. The van der Waals surface area contributed by atoms with Gasteiger partial charge in [-0.05, 0) is 37.5 Å². The number of benzene rings is 1. The van der Waals surface area contributed by atoms with Crippen molar-refractivity contribution in [3.8, 4) is 28.7 Å². The molecule has 9 heteroatoms. The lowest BCUT2D eigenvalue weighted by molar-refractivity contribution is 0.603. The number of nitriles is 1.